The van der Waals surface area contributed by atoms with Crippen molar-refractivity contribution < 1.29 is 4.79 Å². The summed E-state index contributed by atoms with van der Waals surface area (Å²) >= 11 is 6.05. The number of benzene rings is 1. The van der Waals surface area contributed by atoms with Crippen LogP contribution in [-0.4, -0.2) is 53.1 Å². The van der Waals surface area contributed by atoms with Gasteiger partial charge in [-0.15, -0.1) is 0 Å². The lowest BCUT2D eigenvalue weighted by Gasteiger charge is -2.35. The molecule has 5 rings (SSSR count). The van der Waals surface area contributed by atoms with Crippen molar-refractivity contribution in [1.29, 1.82) is 0 Å². The van der Waals surface area contributed by atoms with Crippen LogP contribution in [0.3, 0.4) is 0 Å². The molecule has 0 saturated carbocycles. The molecule has 3 bridgehead atoms. The normalized spacial score (nSPS) is 34.8. The van der Waals surface area contributed by atoms with Gasteiger partial charge in [0.15, 0.2) is 0 Å². The van der Waals surface area contributed by atoms with E-state index in [1.165, 1.54) is 13.0 Å². The molecule has 4 aliphatic rings. The van der Waals surface area contributed by atoms with E-state index in [1.54, 1.807) is 0 Å². The van der Waals surface area contributed by atoms with Gasteiger partial charge in [0.1, 0.15) is 5.71 Å². The summed E-state index contributed by atoms with van der Waals surface area (Å²) < 4.78 is 0. The van der Waals surface area contributed by atoms with E-state index in [4.69, 9.17) is 11.6 Å². The van der Waals surface area contributed by atoms with Crippen LogP contribution in [0.15, 0.2) is 23.2 Å². The molecule has 3 saturated heterocycles. The summed E-state index contributed by atoms with van der Waals surface area (Å²) in [7, 11) is 0. The minimum absolute atomic E-state index is 0.141. The predicted octanol–water partition coefficient (Wildman–Crippen LogP) is 1.95. The van der Waals surface area contributed by atoms with Gasteiger partial charge >= 0.3 is 0 Å². The number of fused-ring (bicyclic) bond motifs is 3. The summed E-state index contributed by atoms with van der Waals surface area (Å²) in [6.45, 7) is 3.93. The van der Waals surface area contributed by atoms with Crippen molar-refractivity contribution in [3.63, 3.8) is 0 Å². The fourth-order valence-corrected chi connectivity index (χ4v) is 5.04. The van der Waals surface area contributed by atoms with E-state index in [2.05, 4.69) is 14.8 Å². The Morgan fingerprint density at radius 1 is 1.32 bits per heavy atom. The number of amides is 1. The van der Waals surface area contributed by atoms with Gasteiger partial charge in [-0.3, -0.25) is 9.79 Å². The summed E-state index contributed by atoms with van der Waals surface area (Å²) in [5.41, 5.74) is 2.70. The summed E-state index contributed by atoms with van der Waals surface area (Å²) in [5, 5.41) is 0.714. The highest BCUT2D eigenvalue weighted by Crippen LogP contribution is 2.41. The third-order valence-corrected chi connectivity index (χ3v) is 5.97. The third kappa shape index (κ3) is 1.74. The van der Waals surface area contributed by atoms with Crippen molar-refractivity contribution in [2.45, 2.75) is 31.5 Å². The zero-order chi connectivity index (χ0) is 14.8. The first-order valence-electron chi connectivity index (χ1n) is 8.09. The fraction of sp³-hybridized carbons (Fsp3) is 0.529. The summed E-state index contributed by atoms with van der Waals surface area (Å²) in [4.78, 5) is 22.4. The van der Waals surface area contributed by atoms with Gasteiger partial charge in [-0.05, 0) is 36.5 Å². The molecule has 4 unspecified atom stereocenters. The number of hydrogen-bond donors (Lipinski definition) is 0. The molecular formula is C17H18ClN3O. The quantitative estimate of drug-likeness (QED) is 0.794. The van der Waals surface area contributed by atoms with Gasteiger partial charge in [0.05, 0.1) is 6.54 Å². The van der Waals surface area contributed by atoms with Crippen molar-refractivity contribution in [2.24, 2.45) is 10.9 Å². The fourth-order valence-electron chi connectivity index (χ4n) is 4.85. The van der Waals surface area contributed by atoms with E-state index in [9.17, 15) is 4.79 Å². The smallest absolute Gasteiger partial charge is 0.273 e. The monoisotopic (exact) mass is 315 g/mol. The van der Waals surface area contributed by atoms with Gasteiger partial charge < -0.3 is 9.80 Å². The molecule has 1 aromatic carbocycles. The van der Waals surface area contributed by atoms with E-state index in [0.29, 0.717) is 35.3 Å². The number of carbonyl (C=O) groups is 1. The van der Waals surface area contributed by atoms with Crippen LogP contribution in [0.2, 0.25) is 5.02 Å². The Bertz CT molecular complexity index is 701. The zero-order valence-electron chi connectivity index (χ0n) is 12.3. The maximum Gasteiger partial charge on any atom is 0.273 e. The van der Waals surface area contributed by atoms with Gasteiger partial charge in [0, 0.05) is 42.3 Å². The molecule has 0 spiro atoms. The standard InChI is InChI=1S/C17H18ClN3O/c18-12-1-2-14-10(5-12)7-19-16(14)17(22)21-13-6-11-8-20(9-13)4-3-15(11)21/h1-2,5,11,13,15H,3-4,6-9H2. The second-order valence-corrected chi connectivity index (χ2v) is 7.38. The number of rotatable bonds is 1. The molecule has 5 heteroatoms. The van der Waals surface area contributed by atoms with Crippen molar-refractivity contribution in [1.82, 2.24) is 9.80 Å². The van der Waals surface area contributed by atoms with E-state index >= 15 is 0 Å². The van der Waals surface area contributed by atoms with Gasteiger partial charge in [0.25, 0.3) is 5.91 Å². The van der Waals surface area contributed by atoms with Crippen LogP contribution in [0.1, 0.15) is 24.0 Å². The van der Waals surface area contributed by atoms with Crippen LogP contribution in [0.25, 0.3) is 0 Å². The van der Waals surface area contributed by atoms with E-state index in [-0.39, 0.29) is 5.91 Å². The van der Waals surface area contributed by atoms with Crippen LogP contribution in [0, 0.1) is 5.92 Å². The zero-order valence-corrected chi connectivity index (χ0v) is 13.1. The number of carbonyl (C=O) groups excluding carboxylic acids is 1. The van der Waals surface area contributed by atoms with Crippen molar-refractivity contribution >= 4 is 23.2 Å². The molecule has 4 atom stereocenters. The van der Waals surface area contributed by atoms with Gasteiger partial charge in [0.2, 0.25) is 0 Å². The Balaban J connectivity index is 1.49. The molecular weight excluding hydrogens is 298 g/mol. The highest BCUT2D eigenvalue weighted by atomic mass is 35.5. The van der Waals surface area contributed by atoms with Crippen LogP contribution in [0.5, 0.6) is 0 Å². The maximum atomic E-state index is 13.2. The molecule has 4 aliphatic heterocycles. The van der Waals surface area contributed by atoms with E-state index in [1.807, 2.05) is 18.2 Å². The molecule has 0 N–H and O–H groups in total. The average molecular weight is 316 g/mol. The second-order valence-electron chi connectivity index (χ2n) is 6.94. The van der Waals surface area contributed by atoms with Gasteiger partial charge in [-0.25, -0.2) is 0 Å². The predicted molar refractivity (Wildman–Crippen MR) is 85.3 cm³/mol. The molecule has 114 valence electrons. The second kappa shape index (κ2) is 4.56. The van der Waals surface area contributed by atoms with Crippen molar-refractivity contribution in [3.05, 3.63) is 34.3 Å². The first kappa shape index (κ1) is 13.1. The molecule has 1 amide bonds. The van der Waals surface area contributed by atoms with E-state index < -0.39 is 0 Å². The topological polar surface area (TPSA) is 35.9 Å². The van der Waals surface area contributed by atoms with Crippen molar-refractivity contribution in [2.75, 3.05) is 19.6 Å². The Hall–Kier alpha value is -1.39. The molecule has 4 heterocycles. The third-order valence-electron chi connectivity index (χ3n) is 5.74. The maximum absolute atomic E-state index is 13.2. The molecule has 4 nitrogen and oxygen atoms in total. The number of likely N-dealkylation sites (tertiary alicyclic amines) is 1. The van der Waals surface area contributed by atoms with Crippen LogP contribution in [-0.2, 0) is 11.3 Å². The van der Waals surface area contributed by atoms with Crippen LogP contribution in [0.4, 0.5) is 0 Å². The summed E-state index contributed by atoms with van der Waals surface area (Å²) in [5.74, 6) is 0.811. The Kier molecular flexibility index (Phi) is 2.71. The molecule has 1 aromatic rings. The SMILES string of the molecule is O=C(C1=NCc2cc(Cl)ccc21)N1C2CC3CN(CCC31)C2. The number of piperidine rings is 2. The van der Waals surface area contributed by atoms with Crippen LogP contribution < -0.4 is 0 Å². The van der Waals surface area contributed by atoms with E-state index in [0.717, 1.165) is 30.6 Å². The van der Waals surface area contributed by atoms with Gasteiger partial charge in [-0.1, -0.05) is 17.7 Å². The lowest BCUT2D eigenvalue weighted by atomic mass is 9.89. The number of halogens is 1. The minimum atomic E-state index is 0.141. The molecule has 3 fully saturated rings. The average Bonchev–Trinajstić information content (AvgIpc) is 2.98. The number of hydrogen-bond acceptors (Lipinski definition) is 3. The Labute approximate surface area is 134 Å². The van der Waals surface area contributed by atoms with Crippen LogP contribution >= 0.6 is 11.6 Å². The number of nitrogens with zero attached hydrogens (tertiary/aromatic N) is 3. The number of aliphatic imine (C=N–C) groups is 1. The first-order chi connectivity index (χ1) is 10.7. The highest BCUT2D eigenvalue weighted by molar-refractivity contribution is 6.46. The van der Waals surface area contributed by atoms with Crippen molar-refractivity contribution in [3.8, 4) is 0 Å². The minimum Gasteiger partial charge on any atom is -0.330 e. The summed E-state index contributed by atoms with van der Waals surface area (Å²) in [6, 6.07) is 6.55. The Morgan fingerprint density at radius 2 is 2.23 bits per heavy atom. The van der Waals surface area contributed by atoms with Gasteiger partial charge in [-0.2, -0.15) is 0 Å². The molecule has 0 aromatic heterocycles. The molecule has 22 heavy (non-hydrogen) atoms. The Morgan fingerprint density at radius 3 is 3.14 bits per heavy atom. The molecule has 0 radical (unpaired) electrons. The lowest BCUT2D eigenvalue weighted by molar-refractivity contribution is -0.126. The first-order valence-corrected chi connectivity index (χ1v) is 8.47. The largest absolute Gasteiger partial charge is 0.330 e. The lowest BCUT2D eigenvalue weighted by Crippen LogP contribution is -2.45. The highest BCUT2D eigenvalue weighted by Gasteiger charge is 2.51. The summed E-state index contributed by atoms with van der Waals surface area (Å²) in [6.07, 6.45) is 2.29. The molecule has 0 aliphatic carbocycles.